The Kier molecular flexibility index (Phi) is 4.55. The summed E-state index contributed by atoms with van der Waals surface area (Å²) in [5.74, 6) is 0. The number of benzene rings is 1. The van der Waals surface area contributed by atoms with Crippen LogP contribution in [0.3, 0.4) is 0 Å². The number of aliphatic hydroxyl groups is 1. The minimum absolute atomic E-state index is 0.564. The molecule has 1 aliphatic heterocycles. The third kappa shape index (κ3) is 3.82. The van der Waals surface area contributed by atoms with Crippen molar-refractivity contribution in [1.29, 1.82) is 0 Å². The maximum absolute atomic E-state index is 10.9. The summed E-state index contributed by atoms with van der Waals surface area (Å²) in [6.45, 7) is 7.01. The van der Waals surface area contributed by atoms with Crippen LogP contribution in [-0.2, 0) is 20.0 Å². The second-order valence-electron chi connectivity index (χ2n) is 7.06. The first-order chi connectivity index (χ1) is 11.0. The second-order valence-corrected chi connectivity index (χ2v) is 7.06. The van der Waals surface area contributed by atoms with E-state index >= 15 is 0 Å². The molecule has 1 fully saturated rings. The molecule has 4 nitrogen and oxygen atoms in total. The number of likely N-dealkylation sites (tertiary alicyclic amines) is 1. The Bertz CT molecular complexity index is 650. The molecule has 0 spiro atoms. The van der Waals surface area contributed by atoms with E-state index in [0.717, 1.165) is 38.9 Å². The molecule has 0 saturated carbocycles. The molecule has 1 N–H and O–H groups in total. The number of hydrogen-bond donors (Lipinski definition) is 1. The average Bonchev–Trinajstić information content (AvgIpc) is 2.81. The molecule has 1 saturated heterocycles. The molecule has 4 heteroatoms. The Balaban J connectivity index is 1.59. The summed E-state index contributed by atoms with van der Waals surface area (Å²) >= 11 is 0. The number of hydrogen-bond acceptors (Lipinski definition) is 3. The van der Waals surface area contributed by atoms with Crippen molar-refractivity contribution in [1.82, 2.24) is 14.7 Å². The zero-order valence-electron chi connectivity index (χ0n) is 14.4. The van der Waals surface area contributed by atoms with Gasteiger partial charge in [-0.1, -0.05) is 29.8 Å². The molecule has 0 amide bonds. The van der Waals surface area contributed by atoms with Crippen LogP contribution in [0.25, 0.3) is 0 Å². The quantitative estimate of drug-likeness (QED) is 0.943. The number of nitrogens with zero attached hydrogens (tertiary/aromatic N) is 3. The molecule has 0 unspecified atom stereocenters. The largest absolute Gasteiger partial charge is 0.389 e. The third-order valence-corrected chi connectivity index (χ3v) is 5.05. The normalized spacial score (nSPS) is 18.3. The van der Waals surface area contributed by atoms with Crippen molar-refractivity contribution in [3.8, 4) is 0 Å². The van der Waals surface area contributed by atoms with Crippen molar-refractivity contribution in [2.75, 3.05) is 13.1 Å². The topological polar surface area (TPSA) is 41.3 Å². The summed E-state index contributed by atoms with van der Waals surface area (Å²) < 4.78 is 1.96. The van der Waals surface area contributed by atoms with Crippen molar-refractivity contribution >= 4 is 0 Å². The van der Waals surface area contributed by atoms with E-state index in [2.05, 4.69) is 48.1 Å². The highest BCUT2D eigenvalue weighted by molar-refractivity contribution is 5.24. The van der Waals surface area contributed by atoms with E-state index < -0.39 is 5.60 Å². The molecule has 0 atom stereocenters. The predicted octanol–water partition coefficient (Wildman–Crippen LogP) is 2.61. The van der Waals surface area contributed by atoms with Crippen LogP contribution in [0, 0.1) is 13.8 Å². The van der Waals surface area contributed by atoms with Gasteiger partial charge in [0.05, 0.1) is 17.5 Å². The van der Waals surface area contributed by atoms with Crippen LogP contribution in [0.4, 0.5) is 0 Å². The average molecular weight is 313 g/mol. The molecule has 3 rings (SSSR count). The Morgan fingerprint density at radius 2 is 1.96 bits per heavy atom. The lowest BCUT2D eigenvalue weighted by Gasteiger charge is -2.38. The molecule has 1 aromatic carbocycles. The minimum atomic E-state index is -0.564. The van der Waals surface area contributed by atoms with E-state index in [4.69, 9.17) is 0 Å². The van der Waals surface area contributed by atoms with Gasteiger partial charge in [-0.2, -0.15) is 5.10 Å². The molecular weight excluding hydrogens is 286 g/mol. The highest BCUT2D eigenvalue weighted by Gasteiger charge is 2.32. The van der Waals surface area contributed by atoms with E-state index in [9.17, 15) is 5.11 Å². The van der Waals surface area contributed by atoms with Gasteiger partial charge < -0.3 is 5.11 Å². The fourth-order valence-electron chi connectivity index (χ4n) is 3.52. The fraction of sp³-hybridized carbons (Fsp3) is 0.526. The highest BCUT2D eigenvalue weighted by Crippen LogP contribution is 2.27. The fourth-order valence-corrected chi connectivity index (χ4v) is 3.52. The summed E-state index contributed by atoms with van der Waals surface area (Å²) in [6, 6.07) is 8.49. The van der Waals surface area contributed by atoms with E-state index in [1.54, 1.807) is 0 Å². The maximum atomic E-state index is 10.9. The monoisotopic (exact) mass is 313 g/mol. The van der Waals surface area contributed by atoms with Crippen molar-refractivity contribution in [3.63, 3.8) is 0 Å². The Morgan fingerprint density at radius 1 is 1.22 bits per heavy atom. The molecule has 124 valence electrons. The van der Waals surface area contributed by atoms with Gasteiger partial charge in [0.25, 0.3) is 0 Å². The van der Waals surface area contributed by atoms with Gasteiger partial charge in [-0.15, -0.1) is 0 Å². The summed E-state index contributed by atoms with van der Waals surface area (Å²) in [5.41, 5.74) is 4.45. The molecule has 1 aliphatic rings. The smallest absolute Gasteiger partial charge is 0.0712 e. The van der Waals surface area contributed by atoms with Crippen LogP contribution < -0.4 is 0 Å². The molecule has 23 heavy (non-hydrogen) atoms. The van der Waals surface area contributed by atoms with Gasteiger partial charge in [0.15, 0.2) is 0 Å². The molecule has 2 heterocycles. The molecule has 0 aliphatic carbocycles. The lowest BCUT2D eigenvalue weighted by Crippen LogP contribution is -2.45. The van der Waals surface area contributed by atoms with Gasteiger partial charge in [0, 0.05) is 33.1 Å². The van der Waals surface area contributed by atoms with Crippen LogP contribution in [0.15, 0.2) is 30.5 Å². The van der Waals surface area contributed by atoms with Gasteiger partial charge >= 0.3 is 0 Å². The Morgan fingerprint density at radius 3 is 2.57 bits per heavy atom. The van der Waals surface area contributed by atoms with E-state index in [0.29, 0.717) is 0 Å². The van der Waals surface area contributed by atoms with Crippen molar-refractivity contribution in [2.45, 2.75) is 45.3 Å². The molecule has 1 aromatic heterocycles. The number of piperidine rings is 1. The van der Waals surface area contributed by atoms with Gasteiger partial charge in [0.1, 0.15) is 0 Å². The Labute approximate surface area is 138 Å². The maximum Gasteiger partial charge on any atom is 0.0712 e. The van der Waals surface area contributed by atoms with Crippen LogP contribution in [0.2, 0.25) is 0 Å². The standard InChI is InChI=1S/C19H27N3O/c1-15-5-4-6-17(11-15)12-19(23)7-9-22(10-8-19)14-18-16(2)13-20-21(18)3/h4-6,11,13,23H,7-10,12,14H2,1-3H3. The number of rotatable bonds is 4. The lowest BCUT2D eigenvalue weighted by atomic mass is 9.85. The molecular formula is C19H27N3O. The third-order valence-electron chi connectivity index (χ3n) is 5.05. The van der Waals surface area contributed by atoms with Crippen molar-refractivity contribution < 1.29 is 5.11 Å². The van der Waals surface area contributed by atoms with Gasteiger partial charge in [-0.05, 0) is 37.8 Å². The van der Waals surface area contributed by atoms with E-state index in [1.807, 2.05) is 17.9 Å². The van der Waals surface area contributed by atoms with Gasteiger partial charge in [-0.3, -0.25) is 9.58 Å². The first-order valence-electron chi connectivity index (χ1n) is 8.43. The SMILES string of the molecule is Cc1cccc(CC2(O)CCN(Cc3c(C)cnn3C)CC2)c1. The zero-order chi connectivity index (χ0) is 16.4. The van der Waals surface area contributed by atoms with Gasteiger partial charge in [0.2, 0.25) is 0 Å². The number of aromatic nitrogens is 2. The van der Waals surface area contributed by atoms with Crippen LogP contribution in [-0.4, -0.2) is 38.5 Å². The number of aryl methyl sites for hydroxylation is 3. The van der Waals surface area contributed by atoms with Crippen molar-refractivity contribution in [3.05, 3.63) is 52.8 Å². The summed E-state index contributed by atoms with van der Waals surface area (Å²) in [6.07, 6.45) is 4.34. The summed E-state index contributed by atoms with van der Waals surface area (Å²) in [5, 5.41) is 15.2. The van der Waals surface area contributed by atoms with Crippen molar-refractivity contribution in [2.24, 2.45) is 7.05 Å². The highest BCUT2D eigenvalue weighted by atomic mass is 16.3. The van der Waals surface area contributed by atoms with Crippen LogP contribution in [0.1, 0.15) is 35.2 Å². The zero-order valence-corrected chi connectivity index (χ0v) is 14.4. The molecule has 0 bridgehead atoms. The molecule has 2 aromatic rings. The first kappa shape index (κ1) is 16.2. The van der Waals surface area contributed by atoms with E-state index in [-0.39, 0.29) is 0 Å². The predicted molar refractivity (Wildman–Crippen MR) is 92.3 cm³/mol. The van der Waals surface area contributed by atoms with Crippen LogP contribution >= 0.6 is 0 Å². The lowest BCUT2D eigenvalue weighted by molar-refractivity contribution is -0.0229. The van der Waals surface area contributed by atoms with E-state index in [1.165, 1.54) is 22.4 Å². The first-order valence-corrected chi connectivity index (χ1v) is 8.43. The van der Waals surface area contributed by atoms with Crippen LogP contribution in [0.5, 0.6) is 0 Å². The Hall–Kier alpha value is -1.65. The minimum Gasteiger partial charge on any atom is -0.389 e. The molecule has 0 radical (unpaired) electrons. The summed E-state index contributed by atoms with van der Waals surface area (Å²) in [7, 11) is 2.00. The van der Waals surface area contributed by atoms with Gasteiger partial charge in [-0.25, -0.2) is 0 Å². The summed E-state index contributed by atoms with van der Waals surface area (Å²) in [4.78, 5) is 2.43. The second kappa shape index (κ2) is 6.46.